The van der Waals surface area contributed by atoms with Gasteiger partial charge in [0, 0.05) is 29.7 Å². The summed E-state index contributed by atoms with van der Waals surface area (Å²) >= 11 is 3.49. The number of hydrogen-bond acceptors (Lipinski definition) is 2. The van der Waals surface area contributed by atoms with Crippen LogP contribution in [-0.4, -0.2) is 15.6 Å². The lowest BCUT2D eigenvalue weighted by Crippen LogP contribution is -2.31. The van der Waals surface area contributed by atoms with Crippen LogP contribution in [0, 0.1) is 10.8 Å². The van der Waals surface area contributed by atoms with Crippen molar-refractivity contribution >= 4 is 21.9 Å². The van der Waals surface area contributed by atoms with Crippen LogP contribution in [0.3, 0.4) is 0 Å². The first-order valence-electron chi connectivity index (χ1n) is 7.41. The average molecular weight is 372 g/mol. The standard InChI is InChI=1S/C17H26BrNO3/c1-16(2,3)10-17(4,5)12(8-15(21)22)11-7-14(20)19(6)9-13(11)18/h7,9,12H,8,10H2,1-6H3,(H,21,22)/t12-/m1/s1. The van der Waals surface area contributed by atoms with Crippen molar-refractivity contribution in [1.29, 1.82) is 0 Å². The van der Waals surface area contributed by atoms with Gasteiger partial charge in [-0.3, -0.25) is 9.59 Å². The number of halogens is 1. The number of hydrogen-bond donors (Lipinski definition) is 1. The van der Waals surface area contributed by atoms with E-state index >= 15 is 0 Å². The molecule has 0 aliphatic heterocycles. The van der Waals surface area contributed by atoms with E-state index in [0.717, 1.165) is 16.5 Å². The first-order chi connectivity index (χ1) is 9.83. The molecule has 4 nitrogen and oxygen atoms in total. The second kappa shape index (κ2) is 6.57. The van der Waals surface area contributed by atoms with Crippen molar-refractivity contribution in [2.24, 2.45) is 17.9 Å². The van der Waals surface area contributed by atoms with Crippen LogP contribution in [0.15, 0.2) is 21.5 Å². The molecule has 0 fully saturated rings. The zero-order chi connectivity index (χ0) is 17.3. The number of carboxylic acid groups (broad SMARTS) is 1. The Bertz CT molecular complexity index is 611. The van der Waals surface area contributed by atoms with Gasteiger partial charge in [-0.15, -0.1) is 0 Å². The fourth-order valence-corrected chi connectivity index (χ4v) is 4.05. The van der Waals surface area contributed by atoms with Crippen LogP contribution >= 0.6 is 15.9 Å². The molecule has 1 heterocycles. The second-order valence-electron chi connectivity index (χ2n) is 7.90. The Kier molecular flexibility index (Phi) is 5.66. The summed E-state index contributed by atoms with van der Waals surface area (Å²) in [5, 5.41) is 9.32. The molecule has 0 spiro atoms. The van der Waals surface area contributed by atoms with Gasteiger partial charge in [0.25, 0.3) is 5.56 Å². The molecule has 1 atom stereocenters. The van der Waals surface area contributed by atoms with E-state index in [1.54, 1.807) is 19.3 Å². The molecule has 124 valence electrons. The molecule has 1 N–H and O–H groups in total. The molecule has 0 unspecified atom stereocenters. The fourth-order valence-electron chi connectivity index (χ4n) is 3.35. The molecule has 0 radical (unpaired) electrons. The summed E-state index contributed by atoms with van der Waals surface area (Å²) in [5.74, 6) is -1.08. The number of carboxylic acids is 1. The highest BCUT2D eigenvalue weighted by Gasteiger charge is 2.37. The van der Waals surface area contributed by atoms with Crippen molar-refractivity contribution in [2.45, 2.75) is 53.4 Å². The van der Waals surface area contributed by atoms with Crippen LogP contribution < -0.4 is 5.56 Å². The minimum atomic E-state index is -0.848. The molecule has 0 aliphatic carbocycles. The first kappa shape index (κ1) is 18.9. The monoisotopic (exact) mass is 371 g/mol. The van der Waals surface area contributed by atoms with Crippen molar-refractivity contribution in [3.05, 3.63) is 32.7 Å². The van der Waals surface area contributed by atoms with Gasteiger partial charge in [0.1, 0.15) is 0 Å². The molecule has 1 rings (SSSR count). The van der Waals surface area contributed by atoms with Gasteiger partial charge in [-0.05, 0) is 38.7 Å². The van der Waals surface area contributed by atoms with E-state index in [4.69, 9.17) is 0 Å². The Balaban J connectivity index is 3.38. The van der Waals surface area contributed by atoms with Crippen molar-refractivity contribution < 1.29 is 9.90 Å². The summed E-state index contributed by atoms with van der Waals surface area (Å²) < 4.78 is 2.27. The second-order valence-corrected chi connectivity index (χ2v) is 8.76. The predicted octanol–water partition coefficient (Wildman–Crippen LogP) is 4.17. The van der Waals surface area contributed by atoms with Crippen LogP contribution in [0.1, 0.15) is 58.9 Å². The van der Waals surface area contributed by atoms with Crippen LogP contribution in [0.2, 0.25) is 0 Å². The lowest BCUT2D eigenvalue weighted by Gasteiger charge is -2.39. The summed E-state index contributed by atoms with van der Waals surface area (Å²) in [6.07, 6.45) is 2.58. The number of aromatic nitrogens is 1. The molecular formula is C17H26BrNO3. The molecule has 0 bridgehead atoms. The average Bonchev–Trinajstić information content (AvgIpc) is 2.27. The number of aryl methyl sites for hydroxylation is 1. The molecular weight excluding hydrogens is 346 g/mol. The number of pyridine rings is 1. The number of aliphatic carboxylic acids is 1. The summed E-state index contributed by atoms with van der Waals surface area (Å²) in [4.78, 5) is 23.3. The summed E-state index contributed by atoms with van der Waals surface area (Å²) in [7, 11) is 1.68. The highest BCUT2D eigenvalue weighted by Crippen LogP contribution is 2.47. The number of carbonyl (C=O) groups is 1. The smallest absolute Gasteiger partial charge is 0.303 e. The van der Waals surface area contributed by atoms with Gasteiger partial charge in [-0.2, -0.15) is 0 Å². The van der Waals surface area contributed by atoms with E-state index in [0.29, 0.717) is 0 Å². The van der Waals surface area contributed by atoms with Gasteiger partial charge in [0.2, 0.25) is 0 Å². The third-order valence-corrected chi connectivity index (χ3v) is 4.56. The number of rotatable bonds is 5. The van der Waals surface area contributed by atoms with E-state index in [-0.39, 0.29) is 28.7 Å². The Morgan fingerprint density at radius 2 is 1.86 bits per heavy atom. The van der Waals surface area contributed by atoms with Crippen molar-refractivity contribution in [2.75, 3.05) is 0 Å². The van der Waals surface area contributed by atoms with Gasteiger partial charge in [-0.25, -0.2) is 0 Å². The molecule has 0 aromatic carbocycles. The number of nitrogens with zero attached hydrogens (tertiary/aromatic N) is 1. The van der Waals surface area contributed by atoms with E-state index in [1.165, 1.54) is 4.57 Å². The van der Waals surface area contributed by atoms with Gasteiger partial charge in [0.15, 0.2) is 0 Å². The topological polar surface area (TPSA) is 59.3 Å². The van der Waals surface area contributed by atoms with Gasteiger partial charge >= 0.3 is 5.97 Å². The molecule has 0 aliphatic rings. The maximum atomic E-state index is 12.0. The largest absolute Gasteiger partial charge is 0.481 e. The highest BCUT2D eigenvalue weighted by molar-refractivity contribution is 9.10. The maximum Gasteiger partial charge on any atom is 0.303 e. The SMILES string of the molecule is Cn1cc(Br)c([C@@H](CC(=O)O)C(C)(C)CC(C)(C)C)cc1=O. The molecule has 5 heteroatoms. The van der Waals surface area contributed by atoms with Crippen molar-refractivity contribution in [3.63, 3.8) is 0 Å². The summed E-state index contributed by atoms with van der Waals surface area (Å²) in [6.45, 7) is 10.6. The van der Waals surface area contributed by atoms with Gasteiger partial charge in [-0.1, -0.05) is 34.6 Å². The molecule has 1 aromatic heterocycles. The van der Waals surface area contributed by atoms with E-state index in [2.05, 4.69) is 50.5 Å². The molecule has 22 heavy (non-hydrogen) atoms. The fraction of sp³-hybridized carbons (Fsp3) is 0.647. The van der Waals surface area contributed by atoms with Crippen LogP contribution in [0.4, 0.5) is 0 Å². The van der Waals surface area contributed by atoms with Crippen LogP contribution in [-0.2, 0) is 11.8 Å². The molecule has 1 aromatic rings. The molecule has 0 saturated heterocycles. The van der Waals surface area contributed by atoms with E-state index < -0.39 is 5.97 Å². The molecule has 0 saturated carbocycles. The normalized spacial score (nSPS) is 14.0. The first-order valence-corrected chi connectivity index (χ1v) is 8.21. The van der Waals surface area contributed by atoms with Gasteiger partial charge < -0.3 is 9.67 Å². The third-order valence-electron chi connectivity index (χ3n) is 3.89. The minimum absolute atomic E-state index is 0.00878. The van der Waals surface area contributed by atoms with E-state index in [1.807, 2.05) is 0 Å². The lowest BCUT2D eigenvalue weighted by atomic mass is 9.66. The van der Waals surface area contributed by atoms with E-state index in [9.17, 15) is 14.7 Å². The lowest BCUT2D eigenvalue weighted by molar-refractivity contribution is -0.138. The zero-order valence-corrected chi connectivity index (χ0v) is 15.8. The quantitative estimate of drug-likeness (QED) is 0.844. The van der Waals surface area contributed by atoms with Crippen LogP contribution in [0.25, 0.3) is 0 Å². The highest BCUT2D eigenvalue weighted by atomic mass is 79.9. The van der Waals surface area contributed by atoms with Gasteiger partial charge in [0.05, 0.1) is 6.42 Å². The predicted molar refractivity (Wildman–Crippen MR) is 92.2 cm³/mol. The maximum absolute atomic E-state index is 12.0. The Hall–Kier alpha value is -1.10. The van der Waals surface area contributed by atoms with Crippen molar-refractivity contribution in [1.82, 2.24) is 4.57 Å². The van der Waals surface area contributed by atoms with Crippen molar-refractivity contribution in [3.8, 4) is 0 Å². The zero-order valence-electron chi connectivity index (χ0n) is 14.2. The Morgan fingerprint density at radius 1 is 1.32 bits per heavy atom. The Morgan fingerprint density at radius 3 is 2.32 bits per heavy atom. The summed E-state index contributed by atoms with van der Waals surface area (Å²) in [5.41, 5.74) is 0.484. The summed E-state index contributed by atoms with van der Waals surface area (Å²) in [6, 6.07) is 1.56. The minimum Gasteiger partial charge on any atom is -0.481 e. The third kappa shape index (κ3) is 4.97. The Labute approximate surface area is 140 Å². The van der Waals surface area contributed by atoms with Crippen LogP contribution in [0.5, 0.6) is 0 Å². The molecule has 0 amide bonds.